The van der Waals surface area contributed by atoms with Crippen LogP contribution >= 0.6 is 22.6 Å². The third-order valence-electron chi connectivity index (χ3n) is 2.31. The number of rotatable bonds is 2. The van der Waals surface area contributed by atoms with Crippen molar-refractivity contribution in [3.63, 3.8) is 0 Å². The van der Waals surface area contributed by atoms with E-state index in [1.54, 1.807) is 12.1 Å². The molecule has 0 aliphatic heterocycles. The van der Waals surface area contributed by atoms with Crippen LogP contribution in [0.25, 0.3) is 0 Å². The van der Waals surface area contributed by atoms with Crippen LogP contribution in [-0.4, -0.2) is 11.0 Å². The van der Waals surface area contributed by atoms with Crippen LogP contribution in [0.3, 0.4) is 0 Å². The average molecular weight is 357 g/mol. The molecule has 0 aliphatic rings. The molecule has 92 valence electrons. The molecule has 0 aliphatic carbocycles. The van der Waals surface area contributed by atoms with Crippen molar-refractivity contribution < 1.29 is 14.3 Å². The number of nitrogens with one attached hydrogen (secondary N) is 1. The number of hydrogen-bond acceptors (Lipinski definition) is 2. The molecule has 0 radical (unpaired) electrons. The van der Waals surface area contributed by atoms with E-state index in [4.69, 9.17) is 5.11 Å². The molecule has 0 atom stereocenters. The highest BCUT2D eigenvalue weighted by Gasteiger charge is 2.07. The fourth-order valence-corrected chi connectivity index (χ4v) is 1.75. The van der Waals surface area contributed by atoms with E-state index in [0.29, 0.717) is 11.3 Å². The van der Waals surface area contributed by atoms with E-state index in [9.17, 15) is 9.18 Å². The summed E-state index contributed by atoms with van der Waals surface area (Å²) < 4.78 is 14.1. The Hall–Kier alpha value is -1.63. The third-order valence-corrected chi connectivity index (χ3v) is 3.03. The summed E-state index contributed by atoms with van der Waals surface area (Å²) in [5, 5.41) is 11.6. The maximum absolute atomic E-state index is 13.1. The summed E-state index contributed by atoms with van der Waals surface area (Å²) >= 11 is 2.14. The van der Waals surface area contributed by atoms with Crippen molar-refractivity contribution in [1.29, 1.82) is 0 Å². The number of halogens is 2. The number of carbonyl (C=O) groups excluding carboxylic acids is 1. The molecule has 0 spiro atoms. The second-order valence-electron chi connectivity index (χ2n) is 3.63. The Balaban J connectivity index is 2.16. The number of aromatic hydroxyl groups is 1. The van der Waals surface area contributed by atoms with E-state index in [-0.39, 0.29) is 5.91 Å². The summed E-state index contributed by atoms with van der Waals surface area (Å²) in [5.74, 6) is -1.53. The summed E-state index contributed by atoms with van der Waals surface area (Å²) in [7, 11) is 0. The quantitative estimate of drug-likeness (QED) is 0.640. The smallest absolute Gasteiger partial charge is 0.255 e. The Kier molecular flexibility index (Phi) is 3.81. The van der Waals surface area contributed by atoms with Crippen molar-refractivity contribution in [1.82, 2.24) is 0 Å². The number of amides is 1. The molecule has 3 nitrogen and oxygen atoms in total. The molecule has 0 fully saturated rings. The SMILES string of the molecule is O=C(Nc1ccc(O)c(F)c1)c1ccc(I)cc1. The van der Waals surface area contributed by atoms with Gasteiger partial charge in [-0.05, 0) is 59.0 Å². The van der Waals surface area contributed by atoms with Crippen LogP contribution in [-0.2, 0) is 0 Å². The largest absolute Gasteiger partial charge is 0.505 e. The fraction of sp³-hybridized carbons (Fsp3) is 0. The lowest BCUT2D eigenvalue weighted by atomic mass is 10.2. The average Bonchev–Trinajstić information content (AvgIpc) is 2.34. The zero-order chi connectivity index (χ0) is 13.1. The molecule has 2 rings (SSSR count). The lowest BCUT2D eigenvalue weighted by Gasteiger charge is -2.06. The fourth-order valence-electron chi connectivity index (χ4n) is 1.39. The van der Waals surface area contributed by atoms with Gasteiger partial charge in [-0.3, -0.25) is 4.79 Å². The molecule has 18 heavy (non-hydrogen) atoms. The molecule has 0 aromatic heterocycles. The number of phenols is 1. The lowest BCUT2D eigenvalue weighted by molar-refractivity contribution is 0.102. The van der Waals surface area contributed by atoms with Crippen LogP contribution in [0.5, 0.6) is 5.75 Å². The van der Waals surface area contributed by atoms with Gasteiger partial charge in [-0.25, -0.2) is 4.39 Å². The summed E-state index contributed by atoms with van der Waals surface area (Å²) in [4.78, 5) is 11.8. The van der Waals surface area contributed by atoms with Gasteiger partial charge in [-0.2, -0.15) is 0 Å². The maximum Gasteiger partial charge on any atom is 0.255 e. The number of hydrogen-bond donors (Lipinski definition) is 2. The zero-order valence-electron chi connectivity index (χ0n) is 9.15. The molecule has 0 unspecified atom stereocenters. The van der Waals surface area contributed by atoms with Crippen LogP contribution in [0.1, 0.15) is 10.4 Å². The molecule has 1 amide bonds. The highest BCUT2D eigenvalue weighted by atomic mass is 127. The number of phenolic OH excluding ortho intramolecular Hbond substituents is 1. The van der Waals surface area contributed by atoms with Crippen molar-refractivity contribution in [3.8, 4) is 5.75 Å². The lowest BCUT2D eigenvalue weighted by Crippen LogP contribution is -2.11. The van der Waals surface area contributed by atoms with Gasteiger partial charge in [0, 0.05) is 20.9 Å². The minimum atomic E-state index is -0.768. The van der Waals surface area contributed by atoms with Crippen molar-refractivity contribution in [2.24, 2.45) is 0 Å². The Morgan fingerprint density at radius 1 is 1.17 bits per heavy atom. The van der Waals surface area contributed by atoms with Gasteiger partial charge < -0.3 is 10.4 Å². The van der Waals surface area contributed by atoms with E-state index >= 15 is 0 Å². The Morgan fingerprint density at radius 2 is 1.83 bits per heavy atom. The van der Waals surface area contributed by atoms with Gasteiger partial charge in [0.1, 0.15) is 0 Å². The number of benzene rings is 2. The van der Waals surface area contributed by atoms with Gasteiger partial charge in [0.25, 0.3) is 5.91 Å². The minimum absolute atomic E-state index is 0.300. The number of anilines is 1. The summed E-state index contributed by atoms with van der Waals surface area (Å²) in [6.07, 6.45) is 0. The van der Waals surface area contributed by atoms with Gasteiger partial charge in [0.2, 0.25) is 0 Å². The summed E-state index contributed by atoms with van der Waals surface area (Å²) in [6.45, 7) is 0. The van der Waals surface area contributed by atoms with Crippen LogP contribution < -0.4 is 5.32 Å². The second-order valence-corrected chi connectivity index (χ2v) is 4.87. The molecule has 0 saturated heterocycles. The monoisotopic (exact) mass is 357 g/mol. The van der Waals surface area contributed by atoms with E-state index in [2.05, 4.69) is 27.9 Å². The maximum atomic E-state index is 13.1. The first kappa shape index (κ1) is 12.8. The van der Waals surface area contributed by atoms with Gasteiger partial charge in [0.05, 0.1) is 0 Å². The van der Waals surface area contributed by atoms with Crippen molar-refractivity contribution in [2.45, 2.75) is 0 Å². The molecule has 0 bridgehead atoms. The van der Waals surface area contributed by atoms with E-state index in [0.717, 1.165) is 9.64 Å². The molecule has 2 N–H and O–H groups in total. The normalized spacial score (nSPS) is 10.1. The third kappa shape index (κ3) is 2.98. The van der Waals surface area contributed by atoms with Crippen molar-refractivity contribution in [2.75, 3.05) is 5.32 Å². The minimum Gasteiger partial charge on any atom is -0.505 e. The van der Waals surface area contributed by atoms with E-state index in [1.807, 2.05) is 12.1 Å². The highest BCUT2D eigenvalue weighted by molar-refractivity contribution is 14.1. The topological polar surface area (TPSA) is 49.3 Å². The first-order valence-electron chi connectivity index (χ1n) is 5.12. The van der Waals surface area contributed by atoms with Gasteiger partial charge in [0.15, 0.2) is 11.6 Å². The van der Waals surface area contributed by atoms with Gasteiger partial charge in [-0.1, -0.05) is 0 Å². The van der Waals surface area contributed by atoms with Crippen LogP contribution in [0.4, 0.5) is 10.1 Å². The molecule has 2 aromatic rings. The standard InChI is InChI=1S/C13H9FINO2/c14-11-7-10(5-6-12(11)17)16-13(18)8-1-3-9(15)4-2-8/h1-7,17H,(H,16,18). The van der Waals surface area contributed by atoms with Crippen molar-refractivity contribution >= 4 is 34.2 Å². The van der Waals surface area contributed by atoms with Gasteiger partial charge in [-0.15, -0.1) is 0 Å². The zero-order valence-corrected chi connectivity index (χ0v) is 11.3. The molecule has 2 aromatic carbocycles. The van der Waals surface area contributed by atoms with Gasteiger partial charge >= 0.3 is 0 Å². The first-order valence-corrected chi connectivity index (χ1v) is 6.19. The van der Waals surface area contributed by atoms with Crippen molar-refractivity contribution in [3.05, 3.63) is 57.4 Å². The first-order chi connectivity index (χ1) is 8.56. The van der Waals surface area contributed by atoms with Crippen LogP contribution in [0, 0.1) is 9.39 Å². The predicted molar refractivity (Wildman–Crippen MR) is 75.2 cm³/mol. The Morgan fingerprint density at radius 3 is 2.44 bits per heavy atom. The Bertz CT molecular complexity index is 584. The predicted octanol–water partition coefficient (Wildman–Crippen LogP) is 3.39. The molecule has 0 heterocycles. The van der Waals surface area contributed by atoms with Crippen LogP contribution in [0.2, 0.25) is 0 Å². The molecular weight excluding hydrogens is 348 g/mol. The van der Waals surface area contributed by atoms with E-state index < -0.39 is 11.6 Å². The summed E-state index contributed by atoms with van der Waals surface area (Å²) in [5.41, 5.74) is 0.790. The molecular formula is C13H9FINO2. The van der Waals surface area contributed by atoms with E-state index in [1.165, 1.54) is 12.1 Å². The number of carbonyl (C=O) groups is 1. The Labute approximate surface area is 117 Å². The van der Waals surface area contributed by atoms with Crippen LogP contribution in [0.15, 0.2) is 42.5 Å². The highest BCUT2D eigenvalue weighted by Crippen LogP contribution is 2.20. The second kappa shape index (κ2) is 5.34. The molecule has 0 saturated carbocycles. The summed E-state index contributed by atoms with van der Waals surface area (Å²) in [6, 6.07) is 10.7. The molecule has 5 heteroatoms.